The van der Waals surface area contributed by atoms with E-state index in [0.717, 1.165) is 84.0 Å². The molecule has 0 amide bonds. The first-order chi connectivity index (χ1) is 26.7. The van der Waals surface area contributed by atoms with E-state index in [0.29, 0.717) is 5.82 Å². The fraction of sp³-hybridized carbons (Fsp3) is 0. The van der Waals surface area contributed by atoms with E-state index in [1.54, 1.807) is 0 Å². The third kappa shape index (κ3) is 6.99. The number of pyridine rings is 1. The molecule has 0 aliphatic rings. The molecule has 9 rings (SSSR count). The lowest BCUT2D eigenvalue weighted by Gasteiger charge is -2.12. The molecule has 0 spiro atoms. The van der Waals surface area contributed by atoms with Crippen LogP contribution in [0, 0.1) is 0 Å². The van der Waals surface area contributed by atoms with Gasteiger partial charge in [0.2, 0.25) is 0 Å². The standard InChI is InChI=1S/C51H35N3/c1-5-15-37(16-6-1)47-33-46(34-48(52-47)38-17-7-2-8-18-38)45-26-14-25-44(32-45)43-24-13-23-42(31-43)36-27-29-40(30-28-36)50-35-49(39-19-9-3-10-20-39)53-51(54-50)41-21-11-4-12-22-41/h1-35H. The Kier molecular flexibility index (Phi) is 8.94. The second-order valence-corrected chi connectivity index (χ2v) is 13.3. The van der Waals surface area contributed by atoms with Crippen LogP contribution in [0.4, 0.5) is 0 Å². The molecule has 2 aromatic heterocycles. The third-order valence-electron chi connectivity index (χ3n) is 9.70. The van der Waals surface area contributed by atoms with Gasteiger partial charge in [0.05, 0.1) is 22.8 Å². The van der Waals surface area contributed by atoms with Gasteiger partial charge in [-0.05, 0) is 63.7 Å². The van der Waals surface area contributed by atoms with Crippen molar-refractivity contribution in [1.29, 1.82) is 0 Å². The van der Waals surface area contributed by atoms with Gasteiger partial charge in [-0.25, -0.2) is 15.0 Å². The summed E-state index contributed by atoms with van der Waals surface area (Å²) in [7, 11) is 0. The highest BCUT2D eigenvalue weighted by atomic mass is 14.9. The largest absolute Gasteiger partial charge is 0.248 e. The van der Waals surface area contributed by atoms with Crippen molar-refractivity contribution in [2.24, 2.45) is 0 Å². The van der Waals surface area contributed by atoms with Crippen LogP contribution in [-0.4, -0.2) is 15.0 Å². The summed E-state index contributed by atoms with van der Waals surface area (Å²) in [5.41, 5.74) is 15.9. The van der Waals surface area contributed by atoms with Gasteiger partial charge in [0, 0.05) is 27.8 Å². The van der Waals surface area contributed by atoms with Crippen LogP contribution in [-0.2, 0) is 0 Å². The summed E-state index contributed by atoms with van der Waals surface area (Å²) in [5.74, 6) is 0.713. The molecular formula is C51H35N3. The normalized spacial score (nSPS) is 11.0. The quantitative estimate of drug-likeness (QED) is 0.159. The Labute approximate surface area is 316 Å². The molecule has 0 saturated heterocycles. The zero-order valence-corrected chi connectivity index (χ0v) is 29.5. The van der Waals surface area contributed by atoms with Crippen LogP contribution in [0.1, 0.15) is 0 Å². The molecule has 9 aromatic rings. The van der Waals surface area contributed by atoms with Crippen molar-refractivity contribution in [3.63, 3.8) is 0 Å². The molecule has 7 aromatic carbocycles. The Bertz CT molecular complexity index is 2560. The van der Waals surface area contributed by atoms with Crippen LogP contribution < -0.4 is 0 Å². The van der Waals surface area contributed by atoms with E-state index >= 15 is 0 Å². The molecule has 0 radical (unpaired) electrons. The smallest absolute Gasteiger partial charge is 0.160 e. The zero-order valence-electron chi connectivity index (χ0n) is 29.5. The predicted octanol–water partition coefficient (Wildman–Crippen LogP) is 13.2. The Morgan fingerprint density at radius 1 is 0.185 bits per heavy atom. The minimum absolute atomic E-state index is 0.713. The maximum Gasteiger partial charge on any atom is 0.160 e. The Hall–Kier alpha value is -7.23. The second-order valence-electron chi connectivity index (χ2n) is 13.3. The van der Waals surface area contributed by atoms with Crippen LogP contribution in [0.3, 0.4) is 0 Å². The summed E-state index contributed by atoms with van der Waals surface area (Å²) in [6.45, 7) is 0. The fourth-order valence-corrected chi connectivity index (χ4v) is 6.87. The van der Waals surface area contributed by atoms with Crippen LogP contribution >= 0.6 is 0 Å². The number of rotatable bonds is 8. The van der Waals surface area contributed by atoms with Gasteiger partial charge >= 0.3 is 0 Å². The fourth-order valence-electron chi connectivity index (χ4n) is 6.87. The first-order valence-corrected chi connectivity index (χ1v) is 18.2. The Morgan fingerprint density at radius 3 is 0.944 bits per heavy atom. The van der Waals surface area contributed by atoms with E-state index < -0.39 is 0 Å². The molecule has 0 unspecified atom stereocenters. The average Bonchev–Trinajstić information content (AvgIpc) is 3.27. The maximum absolute atomic E-state index is 5.08. The Balaban J connectivity index is 1.04. The second kappa shape index (κ2) is 14.8. The number of benzene rings is 7. The van der Waals surface area contributed by atoms with Crippen molar-refractivity contribution in [3.05, 3.63) is 212 Å². The van der Waals surface area contributed by atoms with Gasteiger partial charge in [-0.1, -0.05) is 182 Å². The van der Waals surface area contributed by atoms with Gasteiger partial charge in [0.1, 0.15) is 0 Å². The number of nitrogens with zero attached hydrogens (tertiary/aromatic N) is 3. The maximum atomic E-state index is 5.08. The molecule has 0 aliphatic heterocycles. The van der Waals surface area contributed by atoms with Crippen molar-refractivity contribution in [2.75, 3.05) is 0 Å². The molecule has 254 valence electrons. The lowest BCUT2D eigenvalue weighted by atomic mass is 9.95. The summed E-state index contributed by atoms with van der Waals surface area (Å²) in [6.07, 6.45) is 0. The number of aromatic nitrogens is 3. The first-order valence-electron chi connectivity index (χ1n) is 18.2. The van der Waals surface area contributed by atoms with Crippen molar-refractivity contribution in [2.45, 2.75) is 0 Å². The van der Waals surface area contributed by atoms with Gasteiger partial charge in [0.15, 0.2) is 5.82 Å². The highest BCUT2D eigenvalue weighted by molar-refractivity contribution is 5.81. The zero-order chi connectivity index (χ0) is 36.1. The summed E-state index contributed by atoms with van der Waals surface area (Å²) in [4.78, 5) is 15.0. The molecule has 2 heterocycles. The molecule has 0 fully saturated rings. The van der Waals surface area contributed by atoms with Gasteiger partial charge in [0.25, 0.3) is 0 Å². The van der Waals surface area contributed by atoms with Gasteiger partial charge in [-0.15, -0.1) is 0 Å². The molecule has 0 saturated carbocycles. The van der Waals surface area contributed by atoms with E-state index in [2.05, 4.69) is 164 Å². The minimum atomic E-state index is 0.713. The lowest BCUT2D eigenvalue weighted by Crippen LogP contribution is -1.95. The van der Waals surface area contributed by atoms with E-state index in [-0.39, 0.29) is 0 Å². The Morgan fingerprint density at radius 2 is 0.500 bits per heavy atom. The molecular weight excluding hydrogens is 655 g/mol. The minimum Gasteiger partial charge on any atom is -0.248 e. The van der Waals surface area contributed by atoms with Crippen LogP contribution in [0.25, 0.3) is 89.8 Å². The van der Waals surface area contributed by atoms with E-state index in [1.807, 2.05) is 48.5 Å². The van der Waals surface area contributed by atoms with Crippen LogP contribution in [0.2, 0.25) is 0 Å². The highest BCUT2D eigenvalue weighted by Crippen LogP contribution is 2.34. The molecule has 0 aliphatic carbocycles. The molecule has 0 N–H and O–H groups in total. The lowest BCUT2D eigenvalue weighted by molar-refractivity contribution is 1.18. The molecule has 0 bridgehead atoms. The van der Waals surface area contributed by atoms with Gasteiger partial charge < -0.3 is 0 Å². The molecule has 3 heteroatoms. The first kappa shape index (κ1) is 32.7. The molecule has 3 nitrogen and oxygen atoms in total. The van der Waals surface area contributed by atoms with Crippen molar-refractivity contribution in [3.8, 4) is 89.8 Å². The summed E-state index contributed by atoms with van der Waals surface area (Å²) in [5, 5.41) is 0. The predicted molar refractivity (Wildman–Crippen MR) is 223 cm³/mol. The van der Waals surface area contributed by atoms with Crippen LogP contribution in [0.15, 0.2) is 212 Å². The number of hydrogen-bond acceptors (Lipinski definition) is 3. The molecule has 54 heavy (non-hydrogen) atoms. The van der Waals surface area contributed by atoms with E-state index in [1.165, 1.54) is 0 Å². The summed E-state index contributed by atoms with van der Waals surface area (Å²) < 4.78 is 0. The molecule has 0 atom stereocenters. The van der Waals surface area contributed by atoms with E-state index in [4.69, 9.17) is 15.0 Å². The van der Waals surface area contributed by atoms with Crippen molar-refractivity contribution in [1.82, 2.24) is 15.0 Å². The average molecular weight is 690 g/mol. The van der Waals surface area contributed by atoms with Gasteiger partial charge in [-0.3, -0.25) is 0 Å². The monoisotopic (exact) mass is 689 g/mol. The van der Waals surface area contributed by atoms with Gasteiger partial charge in [-0.2, -0.15) is 0 Å². The van der Waals surface area contributed by atoms with Crippen LogP contribution in [0.5, 0.6) is 0 Å². The highest BCUT2D eigenvalue weighted by Gasteiger charge is 2.13. The third-order valence-corrected chi connectivity index (χ3v) is 9.70. The summed E-state index contributed by atoms with van der Waals surface area (Å²) >= 11 is 0. The SMILES string of the molecule is c1ccc(-c2cc(-c3cccc(-c4cccc(-c5ccc(-c6cc(-c7ccccc7)nc(-c7ccccc7)n6)cc5)c4)c3)cc(-c3ccccc3)n2)cc1. The van der Waals surface area contributed by atoms with Crippen molar-refractivity contribution < 1.29 is 0 Å². The van der Waals surface area contributed by atoms with E-state index in [9.17, 15) is 0 Å². The van der Waals surface area contributed by atoms with Crippen molar-refractivity contribution >= 4 is 0 Å². The summed E-state index contributed by atoms with van der Waals surface area (Å²) in [6, 6.07) is 74.0. The topological polar surface area (TPSA) is 38.7 Å². The number of hydrogen-bond donors (Lipinski definition) is 0.